The van der Waals surface area contributed by atoms with Crippen molar-refractivity contribution in [1.82, 2.24) is 4.98 Å². The van der Waals surface area contributed by atoms with Crippen molar-refractivity contribution in [1.29, 1.82) is 0 Å². The molecule has 0 bridgehead atoms. The number of aromatic nitrogens is 1. The minimum atomic E-state index is -0.0569. The van der Waals surface area contributed by atoms with Crippen molar-refractivity contribution in [3.63, 3.8) is 0 Å². The molecule has 1 aromatic rings. The van der Waals surface area contributed by atoms with E-state index in [1.807, 2.05) is 13.8 Å². The normalized spacial score (nSPS) is 12.3. The van der Waals surface area contributed by atoms with E-state index < -0.39 is 0 Å². The monoisotopic (exact) mass is 264 g/mol. The van der Waals surface area contributed by atoms with Crippen LogP contribution in [0, 0.1) is 19.8 Å². The lowest BCUT2D eigenvalue weighted by molar-refractivity contribution is -0.122. The second-order valence-electron chi connectivity index (χ2n) is 4.91. The van der Waals surface area contributed by atoms with Gasteiger partial charge >= 0.3 is 0 Å². The molecule has 19 heavy (non-hydrogen) atoms. The Morgan fingerprint density at radius 2 is 2.16 bits per heavy atom. The summed E-state index contributed by atoms with van der Waals surface area (Å²) >= 11 is 0. The molecule has 0 saturated heterocycles. The summed E-state index contributed by atoms with van der Waals surface area (Å²) in [6.07, 6.45) is 3.91. The van der Waals surface area contributed by atoms with Gasteiger partial charge in [-0.1, -0.05) is 13.3 Å². The number of methoxy groups -OCH3 is 1. The van der Waals surface area contributed by atoms with Gasteiger partial charge in [-0.25, -0.2) is 0 Å². The molecule has 0 aromatic carbocycles. The van der Waals surface area contributed by atoms with Crippen molar-refractivity contribution in [2.45, 2.75) is 40.0 Å². The highest BCUT2D eigenvalue weighted by Gasteiger charge is 2.19. The zero-order valence-corrected chi connectivity index (χ0v) is 12.3. The fourth-order valence-electron chi connectivity index (χ4n) is 2.32. The van der Waals surface area contributed by atoms with Gasteiger partial charge in [-0.15, -0.1) is 0 Å². The first-order chi connectivity index (χ1) is 9.04. The van der Waals surface area contributed by atoms with E-state index in [9.17, 15) is 4.79 Å². The molecular weight excluding hydrogens is 240 g/mol. The van der Waals surface area contributed by atoms with Crippen molar-refractivity contribution >= 4 is 5.78 Å². The fraction of sp³-hybridized carbons (Fsp3) is 0.600. The van der Waals surface area contributed by atoms with E-state index in [0.29, 0.717) is 13.0 Å². The van der Waals surface area contributed by atoms with E-state index >= 15 is 0 Å². The van der Waals surface area contributed by atoms with Crippen LogP contribution in [0.1, 0.15) is 36.6 Å². The second kappa shape index (κ2) is 7.24. The first-order valence-electron chi connectivity index (χ1n) is 6.76. The van der Waals surface area contributed by atoms with Crippen LogP contribution in [0.25, 0.3) is 0 Å². The number of ketones is 1. The van der Waals surface area contributed by atoms with Gasteiger partial charge in [0.1, 0.15) is 11.5 Å². The molecule has 2 N–H and O–H groups in total. The first-order valence-corrected chi connectivity index (χ1v) is 6.76. The number of aryl methyl sites for hydroxylation is 1. The van der Waals surface area contributed by atoms with Crippen LogP contribution in [-0.4, -0.2) is 24.4 Å². The molecule has 1 aromatic heterocycles. The average Bonchev–Trinajstić information content (AvgIpc) is 2.39. The van der Waals surface area contributed by atoms with Gasteiger partial charge in [0, 0.05) is 36.2 Å². The Labute approximate surface area is 115 Å². The second-order valence-corrected chi connectivity index (χ2v) is 4.91. The summed E-state index contributed by atoms with van der Waals surface area (Å²) in [4.78, 5) is 16.6. The summed E-state index contributed by atoms with van der Waals surface area (Å²) in [6, 6.07) is 0. The number of carbonyl (C=O) groups is 1. The number of carbonyl (C=O) groups excluding carboxylic acids is 1. The minimum Gasteiger partial charge on any atom is -0.496 e. The standard InChI is InChI=1S/C15H24N2O2/c1-5-6-12(8-16)14(18)7-13-11(3)15(19-4)10(2)9-17-13/h9,12H,5-8,16H2,1-4H3. The van der Waals surface area contributed by atoms with Gasteiger partial charge in [-0.2, -0.15) is 0 Å². The summed E-state index contributed by atoms with van der Waals surface area (Å²) in [7, 11) is 1.64. The number of rotatable bonds is 7. The van der Waals surface area contributed by atoms with Crippen LogP contribution in [0.3, 0.4) is 0 Å². The van der Waals surface area contributed by atoms with Gasteiger partial charge in [0.2, 0.25) is 0 Å². The molecule has 0 radical (unpaired) electrons. The molecule has 4 heteroatoms. The maximum atomic E-state index is 12.2. The molecule has 0 aliphatic carbocycles. The highest BCUT2D eigenvalue weighted by atomic mass is 16.5. The number of ether oxygens (including phenoxy) is 1. The van der Waals surface area contributed by atoms with Crippen LogP contribution in [0.2, 0.25) is 0 Å². The summed E-state index contributed by atoms with van der Waals surface area (Å²) in [5.41, 5.74) is 8.39. The Kier molecular flexibility index (Phi) is 5.96. The summed E-state index contributed by atoms with van der Waals surface area (Å²) < 4.78 is 5.36. The third-order valence-electron chi connectivity index (χ3n) is 3.47. The molecular formula is C15H24N2O2. The fourth-order valence-corrected chi connectivity index (χ4v) is 2.32. The van der Waals surface area contributed by atoms with Gasteiger partial charge in [0.25, 0.3) is 0 Å². The smallest absolute Gasteiger partial charge is 0.143 e. The van der Waals surface area contributed by atoms with E-state index in [-0.39, 0.29) is 11.7 Å². The molecule has 106 valence electrons. The largest absolute Gasteiger partial charge is 0.496 e. The molecule has 0 aliphatic rings. The number of Topliss-reactive ketones (excluding diaryl/α,β-unsaturated/α-hetero) is 1. The Bertz CT molecular complexity index is 444. The van der Waals surface area contributed by atoms with Crippen molar-refractivity contribution in [3.05, 3.63) is 23.0 Å². The lowest BCUT2D eigenvalue weighted by atomic mass is 9.94. The van der Waals surface area contributed by atoms with E-state index in [1.54, 1.807) is 13.3 Å². The molecule has 0 aliphatic heterocycles. The van der Waals surface area contributed by atoms with Gasteiger partial charge in [-0.05, 0) is 20.3 Å². The van der Waals surface area contributed by atoms with Crippen molar-refractivity contribution in [2.75, 3.05) is 13.7 Å². The van der Waals surface area contributed by atoms with Crippen LogP contribution in [-0.2, 0) is 11.2 Å². The van der Waals surface area contributed by atoms with Crippen LogP contribution < -0.4 is 10.5 Å². The Balaban J connectivity index is 2.91. The van der Waals surface area contributed by atoms with Crippen LogP contribution >= 0.6 is 0 Å². The molecule has 1 heterocycles. The quantitative estimate of drug-likeness (QED) is 0.820. The van der Waals surface area contributed by atoms with Crippen LogP contribution in [0.5, 0.6) is 5.75 Å². The van der Waals surface area contributed by atoms with Gasteiger partial charge in [0.15, 0.2) is 0 Å². The SMILES string of the molecule is CCCC(CN)C(=O)Cc1ncc(C)c(OC)c1C. The number of nitrogens with two attached hydrogens (primary N) is 1. The number of nitrogens with zero attached hydrogens (tertiary/aromatic N) is 1. The Hall–Kier alpha value is -1.42. The van der Waals surface area contributed by atoms with Gasteiger partial charge in [0.05, 0.1) is 12.8 Å². The van der Waals surface area contributed by atoms with E-state index in [4.69, 9.17) is 10.5 Å². The number of hydrogen-bond acceptors (Lipinski definition) is 4. The lowest BCUT2D eigenvalue weighted by Crippen LogP contribution is -2.25. The Morgan fingerprint density at radius 1 is 1.47 bits per heavy atom. The molecule has 1 unspecified atom stereocenters. The van der Waals surface area contributed by atoms with Crippen LogP contribution in [0.15, 0.2) is 6.20 Å². The summed E-state index contributed by atoms with van der Waals surface area (Å²) in [5, 5.41) is 0. The summed E-state index contributed by atoms with van der Waals surface area (Å²) in [6.45, 7) is 6.37. The maximum absolute atomic E-state index is 12.2. The number of pyridine rings is 1. The van der Waals surface area contributed by atoms with Crippen molar-refractivity contribution < 1.29 is 9.53 Å². The Morgan fingerprint density at radius 3 is 2.68 bits per heavy atom. The predicted octanol–water partition coefficient (Wildman–Crippen LogP) is 2.19. The summed E-state index contributed by atoms with van der Waals surface area (Å²) in [5.74, 6) is 0.932. The highest BCUT2D eigenvalue weighted by molar-refractivity contribution is 5.83. The molecule has 0 spiro atoms. The zero-order valence-electron chi connectivity index (χ0n) is 12.3. The van der Waals surface area contributed by atoms with Gasteiger partial charge < -0.3 is 10.5 Å². The van der Waals surface area contributed by atoms with E-state index in [1.165, 1.54) is 0 Å². The zero-order chi connectivity index (χ0) is 14.4. The third kappa shape index (κ3) is 3.77. The average molecular weight is 264 g/mol. The van der Waals surface area contributed by atoms with E-state index in [0.717, 1.165) is 35.4 Å². The molecule has 0 saturated carbocycles. The van der Waals surface area contributed by atoms with Gasteiger partial charge in [-0.3, -0.25) is 9.78 Å². The molecule has 0 fully saturated rings. The van der Waals surface area contributed by atoms with Crippen LogP contribution in [0.4, 0.5) is 0 Å². The highest BCUT2D eigenvalue weighted by Crippen LogP contribution is 2.25. The van der Waals surface area contributed by atoms with E-state index in [2.05, 4.69) is 11.9 Å². The molecule has 1 rings (SSSR count). The number of hydrogen-bond donors (Lipinski definition) is 1. The lowest BCUT2D eigenvalue weighted by Gasteiger charge is -2.15. The van der Waals surface area contributed by atoms with Crippen molar-refractivity contribution in [2.24, 2.45) is 11.7 Å². The third-order valence-corrected chi connectivity index (χ3v) is 3.47. The minimum absolute atomic E-state index is 0.0569. The topological polar surface area (TPSA) is 65.2 Å². The van der Waals surface area contributed by atoms with Crippen molar-refractivity contribution in [3.8, 4) is 5.75 Å². The maximum Gasteiger partial charge on any atom is 0.143 e. The molecule has 4 nitrogen and oxygen atoms in total. The molecule has 1 atom stereocenters. The predicted molar refractivity (Wildman–Crippen MR) is 76.4 cm³/mol. The molecule has 0 amide bonds. The first kappa shape index (κ1) is 15.6.